The maximum absolute atomic E-state index is 12.0. The number of carbonyl (C=O) groups is 2. The highest BCUT2D eigenvalue weighted by Gasteiger charge is 2.23. The van der Waals surface area contributed by atoms with Crippen LogP contribution >= 0.6 is 0 Å². The summed E-state index contributed by atoms with van der Waals surface area (Å²) in [6.07, 6.45) is 2.40. The third-order valence-electron chi connectivity index (χ3n) is 3.62. The summed E-state index contributed by atoms with van der Waals surface area (Å²) >= 11 is 0. The molecule has 25 heavy (non-hydrogen) atoms. The third kappa shape index (κ3) is 9.22. The molecule has 0 aliphatic carbocycles. The molecule has 0 radical (unpaired) electrons. The Labute approximate surface area is 150 Å². The average Bonchev–Trinajstić information content (AvgIpc) is 2.55. The molecule has 0 saturated heterocycles. The van der Waals surface area contributed by atoms with E-state index in [9.17, 15) is 9.59 Å². The minimum absolute atomic E-state index is 0.218. The van der Waals surface area contributed by atoms with Crippen molar-refractivity contribution in [2.24, 2.45) is 11.5 Å². The van der Waals surface area contributed by atoms with Crippen LogP contribution in [0.1, 0.15) is 45.6 Å². The number of carbonyl (C=O) groups excluding carboxylic acids is 2. The number of aryl methyl sites for hydroxylation is 1. The number of hydrogen-bond acceptors (Lipinski definition) is 5. The third-order valence-corrected chi connectivity index (χ3v) is 3.62. The summed E-state index contributed by atoms with van der Waals surface area (Å²) in [5.41, 5.74) is 12.3. The van der Waals surface area contributed by atoms with Gasteiger partial charge in [0.2, 0.25) is 5.91 Å². The highest BCUT2D eigenvalue weighted by atomic mass is 16.6. The first-order valence-corrected chi connectivity index (χ1v) is 8.74. The van der Waals surface area contributed by atoms with E-state index in [2.05, 4.69) is 17.4 Å². The summed E-state index contributed by atoms with van der Waals surface area (Å²) in [4.78, 5) is 23.8. The van der Waals surface area contributed by atoms with E-state index in [-0.39, 0.29) is 5.91 Å². The second-order valence-electron chi connectivity index (χ2n) is 7.20. The van der Waals surface area contributed by atoms with E-state index in [0.717, 1.165) is 12.8 Å². The lowest BCUT2D eigenvalue weighted by Gasteiger charge is -2.22. The summed E-state index contributed by atoms with van der Waals surface area (Å²) in [6.45, 7) is 5.92. The van der Waals surface area contributed by atoms with E-state index in [1.165, 1.54) is 5.56 Å². The van der Waals surface area contributed by atoms with Crippen molar-refractivity contribution >= 4 is 11.9 Å². The van der Waals surface area contributed by atoms with Crippen LogP contribution in [-0.2, 0) is 20.7 Å². The predicted octanol–water partition coefficient (Wildman–Crippen LogP) is 1.51. The zero-order chi connectivity index (χ0) is 18.9. The van der Waals surface area contributed by atoms with Crippen LogP contribution in [0.4, 0.5) is 0 Å². The Kier molecular flexibility index (Phi) is 8.58. The number of benzene rings is 1. The van der Waals surface area contributed by atoms with Gasteiger partial charge in [-0.05, 0) is 52.0 Å². The number of rotatable bonds is 9. The van der Waals surface area contributed by atoms with Crippen LogP contribution in [0.15, 0.2) is 30.3 Å². The average molecular weight is 349 g/mol. The number of esters is 1. The molecule has 2 atom stereocenters. The lowest BCUT2D eigenvalue weighted by atomic mass is 10.1. The van der Waals surface area contributed by atoms with Gasteiger partial charge >= 0.3 is 5.97 Å². The summed E-state index contributed by atoms with van der Waals surface area (Å²) in [5, 5.41) is 2.82. The first-order valence-electron chi connectivity index (χ1n) is 8.74. The number of hydrogen-bond donors (Lipinski definition) is 3. The fourth-order valence-corrected chi connectivity index (χ4v) is 2.27. The molecular formula is C19H31N3O3. The van der Waals surface area contributed by atoms with E-state index >= 15 is 0 Å². The maximum Gasteiger partial charge on any atom is 0.323 e. The van der Waals surface area contributed by atoms with Crippen molar-refractivity contribution in [2.75, 3.05) is 6.54 Å². The number of amides is 1. The lowest BCUT2D eigenvalue weighted by molar-refractivity contribution is -0.156. The second-order valence-corrected chi connectivity index (χ2v) is 7.20. The number of nitrogens with two attached hydrogens (primary N) is 2. The van der Waals surface area contributed by atoms with E-state index < -0.39 is 23.7 Å². The van der Waals surface area contributed by atoms with Crippen molar-refractivity contribution in [3.8, 4) is 0 Å². The largest absolute Gasteiger partial charge is 0.459 e. The topological polar surface area (TPSA) is 107 Å². The first kappa shape index (κ1) is 21.1. The summed E-state index contributed by atoms with van der Waals surface area (Å²) in [7, 11) is 0. The molecule has 0 heterocycles. The Morgan fingerprint density at radius 1 is 1.08 bits per heavy atom. The summed E-state index contributed by atoms with van der Waals surface area (Å²) < 4.78 is 5.21. The molecule has 0 saturated carbocycles. The van der Waals surface area contributed by atoms with Gasteiger partial charge in [0.05, 0.1) is 6.04 Å². The van der Waals surface area contributed by atoms with Crippen molar-refractivity contribution in [3.05, 3.63) is 35.9 Å². The molecule has 0 fully saturated rings. The van der Waals surface area contributed by atoms with Crippen LogP contribution < -0.4 is 16.8 Å². The normalized spacial score (nSPS) is 13.8. The predicted molar refractivity (Wildman–Crippen MR) is 98.8 cm³/mol. The molecule has 0 aliphatic rings. The molecular weight excluding hydrogens is 318 g/mol. The van der Waals surface area contributed by atoms with Crippen molar-refractivity contribution in [1.29, 1.82) is 0 Å². The highest BCUT2D eigenvalue weighted by molar-refractivity contribution is 5.81. The van der Waals surface area contributed by atoms with Gasteiger partial charge in [-0.25, -0.2) is 0 Å². The fourth-order valence-electron chi connectivity index (χ4n) is 2.27. The zero-order valence-corrected chi connectivity index (χ0v) is 15.5. The summed E-state index contributed by atoms with van der Waals surface area (Å²) in [5.74, 6) is -0.688. The molecule has 1 rings (SSSR count). The van der Waals surface area contributed by atoms with Gasteiger partial charge in [0.1, 0.15) is 11.6 Å². The Morgan fingerprint density at radius 2 is 1.68 bits per heavy atom. The molecule has 0 aromatic heterocycles. The highest BCUT2D eigenvalue weighted by Crippen LogP contribution is 2.10. The SMILES string of the molecule is CC(C)(C)OC(=O)C(N)CCC(N)C(=O)NCCCc1ccccc1. The monoisotopic (exact) mass is 349 g/mol. The van der Waals surface area contributed by atoms with E-state index in [4.69, 9.17) is 16.2 Å². The quantitative estimate of drug-likeness (QED) is 0.463. The molecule has 6 nitrogen and oxygen atoms in total. The molecule has 0 bridgehead atoms. The standard InChI is InChI=1S/C19H31N3O3/c1-19(2,3)25-18(24)16(21)12-11-15(20)17(23)22-13-7-10-14-8-5-4-6-9-14/h4-6,8-9,15-16H,7,10-13,20-21H2,1-3H3,(H,22,23). The van der Waals surface area contributed by atoms with Gasteiger partial charge in [-0.2, -0.15) is 0 Å². The smallest absolute Gasteiger partial charge is 0.323 e. The Balaban J connectivity index is 2.22. The van der Waals surface area contributed by atoms with E-state index in [1.54, 1.807) is 20.8 Å². The second kappa shape index (κ2) is 10.2. The Hall–Kier alpha value is -1.92. The minimum Gasteiger partial charge on any atom is -0.459 e. The maximum atomic E-state index is 12.0. The van der Waals surface area contributed by atoms with Gasteiger partial charge in [0.25, 0.3) is 0 Å². The zero-order valence-electron chi connectivity index (χ0n) is 15.5. The van der Waals surface area contributed by atoms with Gasteiger partial charge < -0.3 is 21.5 Å². The van der Waals surface area contributed by atoms with Gasteiger partial charge in [-0.3, -0.25) is 9.59 Å². The number of ether oxygens (including phenoxy) is 1. The van der Waals surface area contributed by atoms with Gasteiger partial charge in [-0.15, -0.1) is 0 Å². The summed E-state index contributed by atoms with van der Waals surface area (Å²) in [6, 6.07) is 8.65. The van der Waals surface area contributed by atoms with Gasteiger partial charge in [0.15, 0.2) is 0 Å². The first-order chi connectivity index (χ1) is 11.7. The molecule has 1 aromatic rings. The molecule has 0 spiro atoms. The van der Waals surface area contributed by atoms with Gasteiger partial charge in [0, 0.05) is 6.54 Å². The molecule has 6 heteroatoms. The van der Waals surface area contributed by atoms with Crippen molar-refractivity contribution in [2.45, 2.75) is 64.1 Å². The van der Waals surface area contributed by atoms with E-state index in [0.29, 0.717) is 19.4 Å². The van der Waals surface area contributed by atoms with Crippen LogP contribution in [0, 0.1) is 0 Å². The van der Waals surface area contributed by atoms with E-state index in [1.807, 2.05) is 18.2 Å². The molecule has 5 N–H and O–H groups in total. The van der Waals surface area contributed by atoms with Crippen LogP contribution in [0.3, 0.4) is 0 Å². The molecule has 1 aromatic carbocycles. The Bertz CT molecular complexity index is 541. The molecule has 0 aliphatic heterocycles. The van der Waals surface area contributed by atoms with Crippen LogP contribution in [0.5, 0.6) is 0 Å². The molecule has 1 amide bonds. The van der Waals surface area contributed by atoms with Gasteiger partial charge in [-0.1, -0.05) is 30.3 Å². The lowest BCUT2D eigenvalue weighted by Crippen LogP contribution is -2.43. The van der Waals surface area contributed by atoms with Crippen molar-refractivity contribution < 1.29 is 14.3 Å². The number of nitrogens with one attached hydrogen (secondary N) is 1. The van der Waals surface area contributed by atoms with Crippen molar-refractivity contribution in [3.63, 3.8) is 0 Å². The fraction of sp³-hybridized carbons (Fsp3) is 0.579. The molecule has 2 unspecified atom stereocenters. The molecule has 140 valence electrons. The van der Waals surface area contributed by atoms with Crippen LogP contribution in [-0.4, -0.2) is 36.1 Å². The van der Waals surface area contributed by atoms with Crippen LogP contribution in [0.25, 0.3) is 0 Å². The minimum atomic E-state index is -0.767. The van der Waals surface area contributed by atoms with Crippen LogP contribution in [0.2, 0.25) is 0 Å². The van der Waals surface area contributed by atoms with Crippen molar-refractivity contribution in [1.82, 2.24) is 5.32 Å². The Morgan fingerprint density at radius 3 is 2.28 bits per heavy atom.